The van der Waals surface area contributed by atoms with Gasteiger partial charge in [0, 0.05) is 18.1 Å². The molecule has 0 aliphatic carbocycles. The Morgan fingerprint density at radius 1 is 1.21 bits per heavy atom. The first-order valence-electron chi connectivity index (χ1n) is 6.58. The molecule has 3 nitrogen and oxygen atoms in total. The summed E-state index contributed by atoms with van der Waals surface area (Å²) in [5, 5.41) is 3.28. The summed E-state index contributed by atoms with van der Waals surface area (Å²) in [4.78, 5) is 0. The molecule has 1 aromatic carbocycles. The molecule has 2 aliphatic rings. The van der Waals surface area contributed by atoms with E-state index in [1.54, 1.807) is 6.07 Å². The van der Waals surface area contributed by atoms with E-state index in [9.17, 15) is 8.78 Å². The normalized spacial score (nSPS) is 19.7. The molecule has 1 aromatic rings. The average molecular weight is 269 g/mol. The van der Waals surface area contributed by atoms with Crippen LogP contribution in [0.4, 0.5) is 8.78 Å². The van der Waals surface area contributed by atoms with Crippen LogP contribution in [-0.4, -0.2) is 19.9 Å². The van der Waals surface area contributed by atoms with Crippen LogP contribution in [0, 0.1) is 0 Å². The van der Waals surface area contributed by atoms with Crippen LogP contribution in [0.1, 0.15) is 36.8 Å². The molecule has 104 valence electrons. The van der Waals surface area contributed by atoms with E-state index in [0.717, 1.165) is 38.4 Å². The maximum absolute atomic E-state index is 13.6. The Labute approximate surface area is 110 Å². The third-order valence-corrected chi connectivity index (χ3v) is 3.79. The molecule has 19 heavy (non-hydrogen) atoms. The van der Waals surface area contributed by atoms with Crippen molar-refractivity contribution in [2.24, 2.45) is 0 Å². The molecule has 3 rings (SSSR count). The van der Waals surface area contributed by atoms with E-state index >= 15 is 0 Å². The zero-order valence-electron chi connectivity index (χ0n) is 10.8. The fourth-order valence-corrected chi connectivity index (χ4v) is 2.73. The second kappa shape index (κ2) is 4.63. The van der Waals surface area contributed by atoms with E-state index in [0.29, 0.717) is 11.5 Å². The predicted octanol–water partition coefficient (Wildman–Crippen LogP) is 2.99. The summed E-state index contributed by atoms with van der Waals surface area (Å²) in [5.41, 5.74) is 0.873. The fourth-order valence-electron chi connectivity index (χ4n) is 2.73. The number of nitrogens with one attached hydrogen (secondary N) is 1. The summed E-state index contributed by atoms with van der Waals surface area (Å²) < 4.78 is 37.9. The lowest BCUT2D eigenvalue weighted by molar-refractivity contribution is 0.0172. The van der Waals surface area contributed by atoms with E-state index in [1.807, 2.05) is 0 Å². The molecule has 0 spiro atoms. The largest absolute Gasteiger partial charge is 0.454 e. The van der Waals surface area contributed by atoms with Crippen molar-refractivity contribution in [3.8, 4) is 11.5 Å². The number of fused-ring (bicyclic) bond motifs is 1. The van der Waals surface area contributed by atoms with Gasteiger partial charge in [0.1, 0.15) is 0 Å². The van der Waals surface area contributed by atoms with E-state index < -0.39 is 5.92 Å². The fraction of sp³-hybridized carbons (Fsp3) is 0.571. The maximum atomic E-state index is 13.6. The molecule has 0 unspecified atom stereocenters. The van der Waals surface area contributed by atoms with Gasteiger partial charge in [0.15, 0.2) is 11.5 Å². The smallest absolute Gasteiger partial charge is 0.270 e. The Balaban J connectivity index is 2.04. The summed E-state index contributed by atoms with van der Waals surface area (Å²) in [7, 11) is 0. The van der Waals surface area contributed by atoms with E-state index in [-0.39, 0.29) is 18.3 Å². The van der Waals surface area contributed by atoms with Crippen molar-refractivity contribution < 1.29 is 18.3 Å². The molecule has 0 amide bonds. The highest BCUT2D eigenvalue weighted by molar-refractivity contribution is 5.53. The van der Waals surface area contributed by atoms with Gasteiger partial charge in [0.2, 0.25) is 6.79 Å². The van der Waals surface area contributed by atoms with Gasteiger partial charge in [-0.25, -0.2) is 8.78 Å². The van der Waals surface area contributed by atoms with E-state index in [2.05, 4.69) is 5.32 Å². The third-order valence-electron chi connectivity index (χ3n) is 3.79. The Hall–Kier alpha value is -1.36. The topological polar surface area (TPSA) is 30.5 Å². The molecular formula is C14H17F2NO2. The van der Waals surface area contributed by atoms with Crippen LogP contribution < -0.4 is 14.8 Å². The van der Waals surface area contributed by atoms with Crippen molar-refractivity contribution in [3.63, 3.8) is 0 Å². The lowest BCUT2D eigenvalue weighted by Gasteiger charge is -2.25. The Morgan fingerprint density at radius 2 is 1.95 bits per heavy atom. The first-order chi connectivity index (χ1) is 9.05. The van der Waals surface area contributed by atoms with Crippen LogP contribution in [0.15, 0.2) is 12.1 Å². The standard InChI is InChI=1S/C14H17F2NO2/c1-14(15,16)10-6-11(9-2-4-17-5-3-9)13-12(7-10)18-8-19-13/h6-7,9,17H,2-5,8H2,1H3. The molecule has 1 N–H and O–H groups in total. The Kier molecular flexibility index (Phi) is 3.09. The van der Waals surface area contributed by atoms with Gasteiger partial charge in [-0.3, -0.25) is 0 Å². The van der Waals surface area contributed by atoms with Crippen molar-refractivity contribution in [2.45, 2.75) is 31.6 Å². The first kappa shape index (κ1) is 12.7. The lowest BCUT2D eigenvalue weighted by atomic mass is 9.87. The highest BCUT2D eigenvalue weighted by atomic mass is 19.3. The van der Waals surface area contributed by atoms with E-state index in [4.69, 9.17) is 9.47 Å². The van der Waals surface area contributed by atoms with Crippen LogP contribution in [0.3, 0.4) is 0 Å². The van der Waals surface area contributed by atoms with Crippen LogP contribution >= 0.6 is 0 Å². The number of alkyl halides is 2. The number of piperidine rings is 1. The van der Waals surface area contributed by atoms with Crippen molar-refractivity contribution in [1.82, 2.24) is 5.32 Å². The minimum atomic E-state index is -2.86. The third kappa shape index (κ3) is 2.39. The van der Waals surface area contributed by atoms with Gasteiger partial charge in [-0.15, -0.1) is 0 Å². The second-order valence-electron chi connectivity index (χ2n) is 5.21. The summed E-state index contributed by atoms with van der Waals surface area (Å²) >= 11 is 0. The average Bonchev–Trinajstić information content (AvgIpc) is 2.85. The van der Waals surface area contributed by atoms with Crippen LogP contribution in [0.25, 0.3) is 0 Å². The molecular weight excluding hydrogens is 252 g/mol. The van der Waals surface area contributed by atoms with Gasteiger partial charge in [0.05, 0.1) is 0 Å². The number of rotatable bonds is 2. The molecule has 0 atom stereocenters. The predicted molar refractivity (Wildman–Crippen MR) is 67.0 cm³/mol. The first-order valence-corrected chi connectivity index (χ1v) is 6.58. The number of halogens is 2. The van der Waals surface area contributed by atoms with Crippen molar-refractivity contribution in [3.05, 3.63) is 23.3 Å². The Bertz CT molecular complexity index is 479. The van der Waals surface area contributed by atoms with Crippen LogP contribution in [0.5, 0.6) is 11.5 Å². The monoisotopic (exact) mass is 269 g/mol. The summed E-state index contributed by atoms with van der Waals surface area (Å²) in [6.45, 7) is 2.85. The maximum Gasteiger partial charge on any atom is 0.270 e. The second-order valence-corrected chi connectivity index (χ2v) is 5.21. The molecule has 5 heteroatoms. The SMILES string of the molecule is CC(F)(F)c1cc2c(c(C3CCNCC3)c1)OCO2. The van der Waals surface area contributed by atoms with Gasteiger partial charge in [0.25, 0.3) is 5.92 Å². The van der Waals surface area contributed by atoms with Crippen molar-refractivity contribution in [2.75, 3.05) is 19.9 Å². The zero-order valence-corrected chi connectivity index (χ0v) is 10.8. The molecule has 1 saturated heterocycles. The molecule has 1 fully saturated rings. The number of benzene rings is 1. The number of hydrogen-bond acceptors (Lipinski definition) is 3. The zero-order chi connectivity index (χ0) is 13.5. The van der Waals surface area contributed by atoms with Crippen LogP contribution in [-0.2, 0) is 5.92 Å². The summed E-state index contributed by atoms with van der Waals surface area (Å²) in [6, 6.07) is 2.98. The number of ether oxygens (including phenoxy) is 2. The van der Waals surface area contributed by atoms with Gasteiger partial charge >= 0.3 is 0 Å². The molecule has 0 bridgehead atoms. The minimum absolute atomic E-state index is 0.00489. The van der Waals surface area contributed by atoms with Gasteiger partial charge in [-0.2, -0.15) is 0 Å². The highest BCUT2D eigenvalue weighted by Crippen LogP contribution is 2.45. The lowest BCUT2D eigenvalue weighted by Crippen LogP contribution is -2.27. The van der Waals surface area contributed by atoms with Crippen molar-refractivity contribution >= 4 is 0 Å². The summed E-state index contributed by atoms with van der Waals surface area (Å²) in [6.07, 6.45) is 1.88. The molecule has 2 aliphatic heterocycles. The summed E-state index contributed by atoms with van der Waals surface area (Å²) in [5.74, 6) is -1.49. The molecule has 0 saturated carbocycles. The van der Waals surface area contributed by atoms with Gasteiger partial charge in [-0.1, -0.05) is 0 Å². The Morgan fingerprint density at radius 3 is 2.63 bits per heavy atom. The van der Waals surface area contributed by atoms with Gasteiger partial charge < -0.3 is 14.8 Å². The molecule has 2 heterocycles. The van der Waals surface area contributed by atoms with Crippen LogP contribution in [0.2, 0.25) is 0 Å². The van der Waals surface area contributed by atoms with Gasteiger partial charge in [-0.05, 0) is 44.0 Å². The van der Waals surface area contributed by atoms with Crippen molar-refractivity contribution in [1.29, 1.82) is 0 Å². The minimum Gasteiger partial charge on any atom is -0.454 e. The molecule has 0 aromatic heterocycles. The quantitative estimate of drug-likeness (QED) is 0.895. The van der Waals surface area contributed by atoms with E-state index in [1.165, 1.54) is 6.07 Å². The number of hydrogen-bond donors (Lipinski definition) is 1. The highest BCUT2D eigenvalue weighted by Gasteiger charge is 2.32. The molecule has 0 radical (unpaired) electrons.